The normalized spacial score (nSPS) is 13.5. The van der Waals surface area contributed by atoms with Crippen LogP contribution in [-0.2, 0) is 10.0 Å². The van der Waals surface area contributed by atoms with E-state index in [4.69, 9.17) is 5.11 Å². The molecule has 0 aliphatic carbocycles. The van der Waals surface area contributed by atoms with E-state index < -0.39 is 10.0 Å². The van der Waals surface area contributed by atoms with Gasteiger partial charge in [0, 0.05) is 12.6 Å². The predicted octanol–water partition coefficient (Wildman–Crippen LogP) is 2.67. The SMILES string of the molecule is Cc1c(C)c(C)c(S(=O)(=O)NC(C)CCCO)c(C)c1C. The van der Waals surface area contributed by atoms with Gasteiger partial charge in [0.05, 0.1) is 4.90 Å². The number of aliphatic hydroxyl groups excluding tert-OH is 1. The highest BCUT2D eigenvalue weighted by Gasteiger charge is 2.24. The molecule has 1 aromatic rings. The van der Waals surface area contributed by atoms with Crippen LogP contribution in [0.2, 0.25) is 0 Å². The largest absolute Gasteiger partial charge is 0.396 e. The maximum atomic E-state index is 12.7. The number of aliphatic hydroxyl groups is 1. The number of rotatable bonds is 6. The van der Waals surface area contributed by atoms with Crippen molar-refractivity contribution >= 4 is 10.0 Å². The highest BCUT2D eigenvalue weighted by atomic mass is 32.2. The summed E-state index contributed by atoms with van der Waals surface area (Å²) in [7, 11) is -3.54. The average Bonchev–Trinajstić information content (AvgIpc) is 2.40. The third kappa shape index (κ3) is 3.84. The maximum absolute atomic E-state index is 12.7. The quantitative estimate of drug-likeness (QED) is 0.848. The topological polar surface area (TPSA) is 66.4 Å². The molecule has 0 heterocycles. The Kier molecular flexibility index (Phi) is 5.96. The van der Waals surface area contributed by atoms with Gasteiger partial charge in [0.25, 0.3) is 0 Å². The molecule has 0 aliphatic heterocycles. The van der Waals surface area contributed by atoms with Crippen molar-refractivity contribution in [2.75, 3.05) is 6.61 Å². The molecule has 0 amide bonds. The third-order valence-corrected chi connectivity index (χ3v) is 6.21. The van der Waals surface area contributed by atoms with Gasteiger partial charge in [-0.2, -0.15) is 0 Å². The first-order valence-corrected chi connectivity index (χ1v) is 8.82. The molecule has 1 unspecified atom stereocenters. The number of nitrogens with one attached hydrogen (secondary N) is 1. The summed E-state index contributed by atoms with van der Waals surface area (Å²) in [6, 6.07) is -0.192. The zero-order valence-electron chi connectivity index (χ0n) is 13.9. The van der Waals surface area contributed by atoms with Gasteiger partial charge in [-0.1, -0.05) is 0 Å². The van der Waals surface area contributed by atoms with Gasteiger partial charge in [0.1, 0.15) is 0 Å². The van der Waals surface area contributed by atoms with Crippen LogP contribution in [0.5, 0.6) is 0 Å². The molecule has 0 radical (unpaired) electrons. The van der Waals surface area contributed by atoms with Crippen LogP contribution in [0.4, 0.5) is 0 Å². The molecule has 1 atom stereocenters. The smallest absolute Gasteiger partial charge is 0.241 e. The zero-order chi connectivity index (χ0) is 16.4. The lowest BCUT2D eigenvalue weighted by Crippen LogP contribution is -2.34. The van der Waals surface area contributed by atoms with Crippen molar-refractivity contribution < 1.29 is 13.5 Å². The average molecular weight is 313 g/mol. The van der Waals surface area contributed by atoms with Gasteiger partial charge in [0.15, 0.2) is 0 Å². The van der Waals surface area contributed by atoms with Gasteiger partial charge >= 0.3 is 0 Å². The molecule has 21 heavy (non-hydrogen) atoms. The van der Waals surface area contributed by atoms with Gasteiger partial charge in [-0.25, -0.2) is 13.1 Å². The van der Waals surface area contributed by atoms with Gasteiger partial charge in [-0.3, -0.25) is 0 Å². The van der Waals surface area contributed by atoms with Crippen LogP contribution in [0.15, 0.2) is 4.90 Å². The molecule has 0 aliphatic rings. The summed E-state index contributed by atoms with van der Waals surface area (Å²) in [5, 5.41) is 8.84. The summed E-state index contributed by atoms with van der Waals surface area (Å²) >= 11 is 0. The summed E-state index contributed by atoms with van der Waals surface area (Å²) in [6.07, 6.45) is 1.21. The summed E-state index contributed by atoms with van der Waals surface area (Å²) in [6.45, 7) is 11.6. The summed E-state index contributed by atoms with van der Waals surface area (Å²) in [5.74, 6) is 0. The minimum absolute atomic E-state index is 0.0763. The third-order valence-electron chi connectivity index (χ3n) is 4.35. The Labute approximate surface area is 128 Å². The lowest BCUT2D eigenvalue weighted by atomic mass is 9.95. The second-order valence-corrected chi connectivity index (χ2v) is 7.49. The second-order valence-electron chi connectivity index (χ2n) is 5.84. The Bertz CT molecular complexity index is 592. The van der Waals surface area contributed by atoms with Crippen LogP contribution >= 0.6 is 0 Å². The van der Waals surface area contributed by atoms with Gasteiger partial charge < -0.3 is 5.11 Å². The molecule has 0 spiro atoms. The van der Waals surface area contributed by atoms with E-state index in [-0.39, 0.29) is 12.6 Å². The number of hydrogen-bond donors (Lipinski definition) is 2. The lowest BCUT2D eigenvalue weighted by Gasteiger charge is -2.21. The fourth-order valence-electron chi connectivity index (χ4n) is 2.65. The summed E-state index contributed by atoms with van der Waals surface area (Å²) in [4.78, 5) is 0.402. The first kappa shape index (κ1) is 18.1. The van der Waals surface area contributed by atoms with Crippen LogP contribution in [0.3, 0.4) is 0 Å². The molecular formula is C16H27NO3S. The molecule has 4 nitrogen and oxygen atoms in total. The van der Waals surface area contributed by atoms with Crippen molar-refractivity contribution in [3.63, 3.8) is 0 Å². The van der Waals surface area contributed by atoms with E-state index >= 15 is 0 Å². The van der Waals surface area contributed by atoms with E-state index in [1.165, 1.54) is 0 Å². The van der Waals surface area contributed by atoms with E-state index in [9.17, 15) is 8.42 Å². The van der Waals surface area contributed by atoms with Crippen molar-refractivity contribution in [2.45, 2.75) is 65.3 Å². The minimum atomic E-state index is -3.54. The maximum Gasteiger partial charge on any atom is 0.241 e. The molecule has 5 heteroatoms. The van der Waals surface area contributed by atoms with Crippen molar-refractivity contribution in [2.24, 2.45) is 0 Å². The first-order chi connectivity index (χ1) is 9.63. The van der Waals surface area contributed by atoms with Gasteiger partial charge in [0.2, 0.25) is 10.0 Å². The van der Waals surface area contributed by atoms with Crippen molar-refractivity contribution in [1.82, 2.24) is 4.72 Å². The minimum Gasteiger partial charge on any atom is -0.396 e. The Morgan fingerprint density at radius 1 is 0.952 bits per heavy atom. The van der Waals surface area contributed by atoms with Gasteiger partial charge in [-0.15, -0.1) is 0 Å². The molecule has 2 N–H and O–H groups in total. The summed E-state index contributed by atoms with van der Waals surface area (Å²) < 4.78 is 28.1. The van der Waals surface area contributed by atoms with E-state index in [1.54, 1.807) is 0 Å². The standard InChI is InChI=1S/C16H27NO3S/c1-10(8-7-9-18)17-21(19,20)16-14(5)12(3)11(2)13(4)15(16)6/h10,17-18H,7-9H2,1-6H3. The molecule has 120 valence electrons. The fraction of sp³-hybridized carbons (Fsp3) is 0.625. The van der Waals surface area contributed by atoms with E-state index in [0.29, 0.717) is 17.7 Å². The zero-order valence-corrected chi connectivity index (χ0v) is 14.7. The second kappa shape index (κ2) is 6.90. The van der Waals surface area contributed by atoms with Crippen LogP contribution in [0.25, 0.3) is 0 Å². The van der Waals surface area contributed by atoms with Crippen molar-refractivity contribution in [3.8, 4) is 0 Å². The summed E-state index contributed by atoms with van der Waals surface area (Å²) in [5.41, 5.74) is 4.84. The molecule has 1 rings (SSSR count). The van der Waals surface area contributed by atoms with E-state index in [0.717, 1.165) is 27.8 Å². The molecule has 0 fully saturated rings. The van der Waals surface area contributed by atoms with Gasteiger partial charge in [-0.05, 0) is 82.2 Å². The monoisotopic (exact) mass is 313 g/mol. The Hall–Kier alpha value is -0.910. The van der Waals surface area contributed by atoms with Crippen LogP contribution in [0, 0.1) is 34.6 Å². The van der Waals surface area contributed by atoms with E-state index in [2.05, 4.69) is 4.72 Å². The lowest BCUT2D eigenvalue weighted by molar-refractivity contribution is 0.279. The molecule has 0 bridgehead atoms. The Morgan fingerprint density at radius 2 is 1.38 bits per heavy atom. The first-order valence-electron chi connectivity index (χ1n) is 7.33. The van der Waals surface area contributed by atoms with Crippen LogP contribution < -0.4 is 4.72 Å². The Morgan fingerprint density at radius 3 is 1.81 bits per heavy atom. The molecular weight excluding hydrogens is 286 g/mol. The van der Waals surface area contributed by atoms with Crippen LogP contribution in [-0.4, -0.2) is 26.2 Å². The molecule has 0 aromatic heterocycles. The Balaban J connectivity index is 3.27. The fourth-order valence-corrected chi connectivity index (χ4v) is 4.53. The molecule has 0 saturated carbocycles. The number of sulfonamides is 1. The van der Waals surface area contributed by atoms with Crippen molar-refractivity contribution in [1.29, 1.82) is 0 Å². The number of hydrogen-bond acceptors (Lipinski definition) is 3. The predicted molar refractivity (Wildman–Crippen MR) is 86.2 cm³/mol. The van der Waals surface area contributed by atoms with Crippen molar-refractivity contribution in [3.05, 3.63) is 27.8 Å². The highest BCUT2D eigenvalue weighted by molar-refractivity contribution is 7.89. The van der Waals surface area contributed by atoms with E-state index in [1.807, 2.05) is 41.5 Å². The molecule has 0 saturated heterocycles. The molecule has 1 aromatic carbocycles. The number of benzene rings is 1. The van der Waals surface area contributed by atoms with Crippen LogP contribution in [0.1, 0.15) is 47.6 Å². The highest BCUT2D eigenvalue weighted by Crippen LogP contribution is 2.29.